The molecule has 0 aliphatic carbocycles. The van der Waals surface area contributed by atoms with Crippen molar-refractivity contribution in [3.8, 4) is 0 Å². The second-order valence-corrected chi connectivity index (χ2v) is 5.81. The second kappa shape index (κ2) is 5.59. The minimum absolute atomic E-state index is 0.0335. The zero-order valence-corrected chi connectivity index (χ0v) is 13.5. The Morgan fingerprint density at radius 3 is 3.00 bits per heavy atom. The van der Waals surface area contributed by atoms with Crippen molar-refractivity contribution < 1.29 is 4.79 Å². The van der Waals surface area contributed by atoms with Crippen LogP contribution in [-0.4, -0.2) is 47.9 Å². The Labute approximate surface area is 138 Å². The van der Waals surface area contributed by atoms with Crippen molar-refractivity contribution in [3.63, 3.8) is 0 Å². The molecule has 1 saturated heterocycles. The molecule has 0 spiro atoms. The number of carbonyl (C=O) groups excluding carboxylic acids is 1. The third kappa shape index (κ3) is 2.38. The number of nitrogens with zero attached hydrogens (tertiary/aromatic N) is 7. The molecule has 9 nitrogen and oxygen atoms in total. The van der Waals surface area contributed by atoms with Gasteiger partial charge in [0.15, 0.2) is 0 Å². The molecule has 0 radical (unpaired) electrons. The molecule has 0 bridgehead atoms. The Morgan fingerprint density at radius 1 is 1.38 bits per heavy atom. The highest BCUT2D eigenvalue weighted by molar-refractivity contribution is 6.00. The summed E-state index contributed by atoms with van der Waals surface area (Å²) >= 11 is 0. The van der Waals surface area contributed by atoms with Crippen LogP contribution in [-0.2, 0) is 18.3 Å². The summed E-state index contributed by atoms with van der Waals surface area (Å²) in [5.74, 6) is 1.30. The molecule has 1 unspecified atom stereocenters. The molecule has 1 atom stereocenters. The maximum atomic E-state index is 12.7. The number of nitrogens with one attached hydrogen (secondary N) is 1. The van der Waals surface area contributed by atoms with Crippen LogP contribution in [0.2, 0.25) is 0 Å². The Hall–Kier alpha value is -2.97. The maximum absolute atomic E-state index is 12.7. The first kappa shape index (κ1) is 14.6. The molecule has 0 aromatic carbocycles. The van der Waals surface area contributed by atoms with E-state index in [4.69, 9.17) is 0 Å². The van der Waals surface area contributed by atoms with Gasteiger partial charge in [0.05, 0.1) is 11.9 Å². The van der Waals surface area contributed by atoms with E-state index in [1.165, 1.54) is 6.33 Å². The summed E-state index contributed by atoms with van der Waals surface area (Å²) in [5.41, 5.74) is 1.73. The molecular formula is C15H18N8O. The Kier molecular flexibility index (Phi) is 3.40. The molecule has 4 heterocycles. The predicted octanol–water partition coefficient (Wildman–Crippen LogP) is 0.638. The van der Waals surface area contributed by atoms with Gasteiger partial charge < -0.3 is 10.2 Å². The van der Waals surface area contributed by atoms with E-state index in [-0.39, 0.29) is 11.9 Å². The van der Waals surface area contributed by atoms with Gasteiger partial charge in [0, 0.05) is 31.5 Å². The first-order valence-electron chi connectivity index (χ1n) is 7.92. The van der Waals surface area contributed by atoms with Gasteiger partial charge in [0.2, 0.25) is 5.91 Å². The van der Waals surface area contributed by atoms with E-state index < -0.39 is 0 Å². The van der Waals surface area contributed by atoms with Crippen LogP contribution in [0.1, 0.15) is 19.0 Å². The van der Waals surface area contributed by atoms with Gasteiger partial charge in [0.1, 0.15) is 18.2 Å². The largest absolute Gasteiger partial charge is 0.358 e. The van der Waals surface area contributed by atoms with E-state index >= 15 is 0 Å². The van der Waals surface area contributed by atoms with Crippen LogP contribution in [0.5, 0.6) is 0 Å². The number of rotatable bonds is 4. The lowest BCUT2D eigenvalue weighted by atomic mass is 10.2. The molecule has 124 valence electrons. The van der Waals surface area contributed by atoms with E-state index in [0.717, 1.165) is 23.6 Å². The average molecular weight is 326 g/mol. The number of aryl methyl sites for hydroxylation is 2. The third-order valence-corrected chi connectivity index (χ3v) is 4.20. The predicted molar refractivity (Wildman–Crippen MR) is 87.7 cm³/mol. The Bertz CT molecular complexity index is 898. The highest BCUT2D eigenvalue weighted by Crippen LogP contribution is 2.23. The van der Waals surface area contributed by atoms with Crippen LogP contribution < -0.4 is 10.2 Å². The van der Waals surface area contributed by atoms with E-state index in [0.29, 0.717) is 18.7 Å². The van der Waals surface area contributed by atoms with Gasteiger partial charge >= 0.3 is 0 Å². The lowest BCUT2D eigenvalue weighted by Gasteiger charge is -2.16. The van der Waals surface area contributed by atoms with Gasteiger partial charge in [-0.2, -0.15) is 19.7 Å². The van der Waals surface area contributed by atoms with Gasteiger partial charge in [-0.3, -0.25) is 9.48 Å². The van der Waals surface area contributed by atoms with Crippen molar-refractivity contribution in [2.75, 3.05) is 16.8 Å². The summed E-state index contributed by atoms with van der Waals surface area (Å²) in [5, 5.41) is 11.6. The quantitative estimate of drug-likeness (QED) is 0.756. The Balaban J connectivity index is 1.60. The van der Waals surface area contributed by atoms with Crippen molar-refractivity contribution in [2.24, 2.45) is 7.05 Å². The standard InChI is InChI=1S/C15H18N8O/c1-3-10-6-13(23-15(19-10)16-9-18-23)20-12-4-5-22(14(12)24)11-7-17-21(2)8-11/h6-9,12,20H,3-5H2,1-2H3. The monoisotopic (exact) mass is 326 g/mol. The molecule has 9 heteroatoms. The van der Waals surface area contributed by atoms with Crippen molar-refractivity contribution >= 4 is 23.2 Å². The fourth-order valence-electron chi connectivity index (χ4n) is 2.94. The fourth-order valence-corrected chi connectivity index (χ4v) is 2.94. The molecule has 1 N–H and O–H groups in total. The molecule has 1 fully saturated rings. The molecule has 3 aromatic rings. The number of hydrogen-bond acceptors (Lipinski definition) is 6. The number of amides is 1. The van der Waals surface area contributed by atoms with Crippen LogP contribution in [0.15, 0.2) is 24.8 Å². The molecule has 1 amide bonds. The molecule has 3 aromatic heterocycles. The smallest absolute Gasteiger partial charge is 0.254 e. The maximum Gasteiger partial charge on any atom is 0.254 e. The summed E-state index contributed by atoms with van der Waals surface area (Å²) in [6, 6.07) is 1.62. The van der Waals surface area contributed by atoms with Gasteiger partial charge in [0.25, 0.3) is 5.78 Å². The lowest BCUT2D eigenvalue weighted by Crippen LogP contribution is -2.33. The van der Waals surface area contributed by atoms with Crippen molar-refractivity contribution in [1.82, 2.24) is 29.4 Å². The number of hydrogen-bond donors (Lipinski definition) is 1. The minimum Gasteiger partial charge on any atom is -0.358 e. The van der Waals surface area contributed by atoms with E-state index in [9.17, 15) is 4.79 Å². The highest BCUT2D eigenvalue weighted by Gasteiger charge is 2.33. The van der Waals surface area contributed by atoms with Crippen LogP contribution in [0, 0.1) is 0 Å². The first-order chi connectivity index (χ1) is 11.7. The van der Waals surface area contributed by atoms with Gasteiger partial charge in [-0.15, -0.1) is 0 Å². The van der Waals surface area contributed by atoms with Crippen molar-refractivity contribution in [1.29, 1.82) is 0 Å². The molecular weight excluding hydrogens is 308 g/mol. The average Bonchev–Trinajstić information content (AvgIpc) is 3.28. The summed E-state index contributed by atoms with van der Waals surface area (Å²) in [6.45, 7) is 2.69. The van der Waals surface area contributed by atoms with Crippen LogP contribution in [0.3, 0.4) is 0 Å². The van der Waals surface area contributed by atoms with E-state index in [1.807, 2.05) is 26.2 Å². The van der Waals surface area contributed by atoms with Gasteiger partial charge in [-0.05, 0) is 12.8 Å². The van der Waals surface area contributed by atoms with Crippen molar-refractivity contribution in [2.45, 2.75) is 25.8 Å². The van der Waals surface area contributed by atoms with Crippen molar-refractivity contribution in [3.05, 3.63) is 30.5 Å². The van der Waals surface area contributed by atoms with Gasteiger partial charge in [-0.25, -0.2) is 4.98 Å². The number of fused-ring (bicyclic) bond motifs is 1. The third-order valence-electron chi connectivity index (χ3n) is 4.20. The number of aromatic nitrogens is 6. The first-order valence-corrected chi connectivity index (χ1v) is 7.92. The minimum atomic E-state index is -0.301. The topological polar surface area (TPSA) is 93.2 Å². The molecule has 4 rings (SSSR count). The second-order valence-electron chi connectivity index (χ2n) is 5.81. The summed E-state index contributed by atoms with van der Waals surface area (Å²) in [4.78, 5) is 23.0. The lowest BCUT2D eigenvalue weighted by molar-refractivity contribution is -0.117. The SMILES string of the molecule is CCc1cc(NC2CCN(c3cnn(C)c3)C2=O)n2ncnc2n1. The van der Waals surface area contributed by atoms with Crippen LogP contribution in [0.4, 0.5) is 11.5 Å². The number of carbonyl (C=O) groups is 1. The normalized spacial score (nSPS) is 17.8. The van der Waals surface area contributed by atoms with E-state index in [1.54, 1.807) is 20.3 Å². The van der Waals surface area contributed by atoms with Crippen LogP contribution >= 0.6 is 0 Å². The zero-order chi connectivity index (χ0) is 16.7. The Morgan fingerprint density at radius 2 is 2.25 bits per heavy atom. The van der Waals surface area contributed by atoms with Gasteiger partial charge in [-0.1, -0.05) is 6.92 Å². The summed E-state index contributed by atoms with van der Waals surface area (Å²) < 4.78 is 3.32. The summed E-state index contributed by atoms with van der Waals surface area (Å²) in [6.07, 6.45) is 6.52. The highest BCUT2D eigenvalue weighted by atomic mass is 16.2. The summed E-state index contributed by atoms with van der Waals surface area (Å²) in [7, 11) is 1.84. The zero-order valence-electron chi connectivity index (χ0n) is 13.5. The molecule has 1 aliphatic heterocycles. The molecule has 1 aliphatic rings. The van der Waals surface area contributed by atoms with E-state index in [2.05, 4.69) is 25.5 Å². The molecule has 24 heavy (non-hydrogen) atoms. The molecule has 0 saturated carbocycles. The van der Waals surface area contributed by atoms with Crippen LogP contribution in [0.25, 0.3) is 5.78 Å². The fraction of sp³-hybridized carbons (Fsp3) is 0.400. The number of anilines is 2.